The molecule has 0 radical (unpaired) electrons. The van der Waals surface area contributed by atoms with Crippen molar-refractivity contribution in [1.29, 1.82) is 0 Å². The highest BCUT2D eigenvalue weighted by atomic mass is 32.2. The molecule has 72 valence electrons. The Morgan fingerprint density at radius 1 is 1.69 bits per heavy atom. The summed E-state index contributed by atoms with van der Waals surface area (Å²) in [5, 5.41) is 8.81. The van der Waals surface area contributed by atoms with Crippen LogP contribution in [-0.4, -0.2) is 33.0 Å². The second kappa shape index (κ2) is 4.76. The maximum atomic E-state index is 10.8. The Balaban J connectivity index is 2.45. The number of anilines is 1. The van der Waals surface area contributed by atoms with Crippen molar-refractivity contribution in [1.82, 2.24) is 10.2 Å². The molecular weight excluding hydrogens is 190 g/mol. The summed E-state index contributed by atoms with van der Waals surface area (Å²) >= 11 is 0. The second-order valence-corrected chi connectivity index (χ2v) is 4.09. The van der Waals surface area contributed by atoms with Crippen LogP contribution in [0.3, 0.4) is 0 Å². The summed E-state index contributed by atoms with van der Waals surface area (Å²) in [7, 11) is -0.813. The summed E-state index contributed by atoms with van der Waals surface area (Å²) in [5.41, 5.74) is 0.400. The monoisotopic (exact) mass is 201 g/mol. The quantitative estimate of drug-likeness (QED) is 0.692. The van der Waals surface area contributed by atoms with Crippen molar-refractivity contribution in [3.8, 4) is 0 Å². The van der Waals surface area contributed by atoms with Gasteiger partial charge in [-0.05, 0) is 0 Å². The van der Waals surface area contributed by atoms with E-state index in [4.69, 9.17) is 0 Å². The molecule has 0 fully saturated rings. The molecule has 0 aliphatic rings. The Morgan fingerprint density at radius 2 is 2.46 bits per heavy atom. The van der Waals surface area contributed by atoms with Crippen LogP contribution in [-0.2, 0) is 10.8 Å². The third-order valence-electron chi connectivity index (χ3n) is 1.38. The zero-order valence-electron chi connectivity index (χ0n) is 7.24. The molecule has 13 heavy (non-hydrogen) atoms. The van der Waals surface area contributed by atoms with E-state index >= 15 is 0 Å². The normalized spacial score (nSPS) is 12.4. The van der Waals surface area contributed by atoms with Crippen LogP contribution in [0.2, 0.25) is 0 Å². The summed E-state index contributed by atoms with van der Waals surface area (Å²) in [5.74, 6) is 0.562. The lowest BCUT2D eigenvalue weighted by Crippen LogP contribution is -2.13. The number of aromatic amines is 1. The molecule has 0 aliphatic carbocycles. The van der Waals surface area contributed by atoms with Gasteiger partial charge in [0.2, 0.25) is 0 Å². The van der Waals surface area contributed by atoms with Gasteiger partial charge in [0.05, 0.1) is 11.9 Å². The first-order valence-electron chi connectivity index (χ1n) is 3.77. The molecule has 1 rings (SSSR count). The van der Waals surface area contributed by atoms with E-state index in [1.165, 1.54) is 12.3 Å². The first-order chi connectivity index (χ1) is 6.18. The van der Waals surface area contributed by atoms with Gasteiger partial charge in [0.25, 0.3) is 5.56 Å². The van der Waals surface area contributed by atoms with Crippen LogP contribution in [0.15, 0.2) is 17.1 Å². The van der Waals surface area contributed by atoms with Crippen LogP contribution in [0, 0.1) is 0 Å². The van der Waals surface area contributed by atoms with Crippen LogP contribution < -0.4 is 10.9 Å². The fourth-order valence-electron chi connectivity index (χ4n) is 0.812. The van der Waals surface area contributed by atoms with Crippen LogP contribution >= 0.6 is 0 Å². The number of nitrogens with zero attached hydrogens (tertiary/aromatic N) is 1. The number of H-pyrrole nitrogens is 1. The Hall–Kier alpha value is -1.17. The predicted octanol–water partition coefficient (Wildman–Crippen LogP) is -0.440. The van der Waals surface area contributed by atoms with Gasteiger partial charge in [-0.25, -0.2) is 5.10 Å². The maximum absolute atomic E-state index is 10.8. The molecule has 5 nitrogen and oxygen atoms in total. The van der Waals surface area contributed by atoms with E-state index < -0.39 is 10.8 Å². The third kappa shape index (κ3) is 3.84. The van der Waals surface area contributed by atoms with Crippen molar-refractivity contribution < 1.29 is 4.21 Å². The first kappa shape index (κ1) is 9.91. The summed E-state index contributed by atoms with van der Waals surface area (Å²) < 4.78 is 10.7. The Kier molecular flexibility index (Phi) is 3.63. The van der Waals surface area contributed by atoms with Gasteiger partial charge in [0.15, 0.2) is 0 Å². The molecule has 0 spiro atoms. The minimum atomic E-state index is -0.813. The average molecular weight is 201 g/mol. The van der Waals surface area contributed by atoms with Crippen molar-refractivity contribution in [2.24, 2.45) is 0 Å². The second-order valence-electron chi connectivity index (χ2n) is 2.54. The molecule has 0 bridgehead atoms. The third-order valence-corrected chi connectivity index (χ3v) is 2.16. The number of hydrogen-bond acceptors (Lipinski definition) is 4. The van der Waals surface area contributed by atoms with E-state index in [9.17, 15) is 9.00 Å². The lowest BCUT2D eigenvalue weighted by atomic mass is 10.4. The molecule has 1 atom stereocenters. The van der Waals surface area contributed by atoms with Gasteiger partial charge in [-0.15, -0.1) is 0 Å². The van der Waals surface area contributed by atoms with Crippen molar-refractivity contribution in [3.63, 3.8) is 0 Å². The van der Waals surface area contributed by atoms with E-state index in [0.717, 1.165) is 0 Å². The maximum Gasteiger partial charge on any atom is 0.266 e. The van der Waals surface area contributed by atoms with Gasteiger partial charge >= 0.3 is 0 Å². The highest BCUT2D eigenvalue weighted by molar-refractivity contribution is 7.84. The first-order valence-corrected chi connectivity index (χ1v) is 5.50. The molecule has 6 heteroatoms. The van der Waals surface area contributed by atoms with Crippen LogP contribution in [0.25, 0.3) is 0 Å². The summed E-state index contributed by atoms with van der Waals surface area (Å²) in [4.78, 5) is 10.8. The van der Waals surface area contributed by atoms with E-state index in [-0.39, 0.29) is 5.56 Å². The zero-order valence-corrected chi connectivity index (χ0v) is 8.06. The minimum absolute atomic E-state index is 0.248. The Bertz CT molecular complexity index is 350. The highest BCUT2D eigenvalue weighted by Gasteiger charge is 1.94. The lowest BCUT2D eigenvalue weighted by Gasteiger charge is -2.02. The van der Waals surface area contributed by atoms with Gasteiger partial charge in [0.1, 0.15) is 0 Å². The molecule has 1 heterocycles. The summed E-state index contributed by atoms with van der Waals surface area (Å²) in [6.45, 7) is 0.578. The smallest absolute Gasteiger partial charge is 0.266 e. The van der Waals surface area contributed by atoms with Crippen LogP contribution in [0.4, 0.5) is 5.69 Å². The van der Waals surface area contributed by atoms with Gasteiger partial charge in [0, 0.05) is 35.4 Å². The molecule has 0 saturated carbocycles. The number of nitrogens with one attached hydrogen (secondary N) is 2. The molecule has 2 N–H and O–H groups in total. The number of aromatic nitrogens is 2. The highest BCUT2D eigenvalue weighted by Crippen LogP contribution is 1.96. The Labute approximate surface area is 78.0 Å². The van der Waals surface area contributed by atoms with Crippen molar-refractivity contribution in [2.75, 3.05) is 23.9 Å². The van der Waals surface area contributed by atoms with Gasteiger partial charge in [-0.2, -0.15) is 5.10 Å². The molecule has 0 aromatic carbocycles. The number of rotatable bonds is 4. The molecule has 0 amide bonds. The minimum Gasteiger partial charge on any atom is -0.383 e. The molecular formula is C7H11N3O2S. The zero-order chi connectivity index (χ0) is 9.68. The van der Waals surface area contributed by atoms with E-state index in [0.29, 0.717) is 18.0 Å². The van der Waals surface area contributed by atoms with E-state index in [2.05, 4.69) is 15.5 Å². The van der Waals surface area contributed by atoms with Crippen LogP contribution in [0.5, 0.6) is 0 Å². The van der Waals surface area contributed by atoms with Crippen LogP contribution in [0.1, 0.15) is 0 Å². The molecule has 0 saturated heterocycles. The largest absolute Gasteiger partial charge is 0.383 e. The standard InChI is InChI=1S/C7H11N3O2S/c1-13(12)3-2-8-6-4-7(11)10-9-5-6/h4-5H,2-3H2,1H3,(H2,8,10,11). The van der Waals surface area contributed by atoms with Gasteiger partial charge < -0.3 is 5.32 Å². The molecule has 1 aromatic rings. The lowest BCUT2D eigenvalue weighted by molar-refractivity contribution is 0.687. The number of hydrogen-bond donors (Lipinski definition) is 2. The summed E-state index contributed by atoms with van der Waals surface area (Å²) in [6.07, 6.45) is 3.15. The van der Waals surface area contributed by atoms with Crippen molar-refractivity contribution >= 4 is 16.5 Å². The van der Waals surface area contributed by atoms with Gasteiger partial charge in [-0.1, -0.05) is 0 Å². The van der Waals surface area contributed by atoms with Gasteiger partial charge in [-0.3, -0.25) is 9.00 Å². The molecule has 0 aliphatic heterocycles. The van der Waals surface area contributed by atoms with E-state index in [1.807, 2.05) is 0 Å². The topological polar surface area (TPSA) is 74.8 Å². The fraction of sp³-hybridized carbons (Fsp3) is 0.429. The molecule has 1 unspecified atom stereocenters. The Morgan fingerprint density at radius 3 is 3.08 bits per heavy atom. The SMILES string of the molecule is CS(=O)CCNc1cn[nH]c(=O)c1. The fourth-order valence-corrected chi connectivity index (χ4v) is 1.20. The van der Waals surface area contributed by atoms with E-state index in [1.54, 1.807) is 6.26 Å². The van der Waals surface area contributed by atoms with Crippen molar-refractivity contribution in [3.05, 3.63) is 22.6 Å². The molecule has 1 aromatic heterocycles. The van der Waals surface area contributed by atoms with Crippen molar-refractivity contribution in [2.45, 2.75) is 0 Å². The summed E-state index contributed by atoms with van der Waals surface area (Å²) in [6, 6.07) is 1.41. The predicted molar refractivity (Wildman–Crippen MR) is 52.3 cm³/mol. The average Bonchev–Trinajstić information content (AvgIpc) is 2.03.